The molecule has 1 aliphatic rings. The van der Waals surface area contributed by atoms with Crippen LogP contribution in [0.25, 0.3) is 5.69 Å². The van der Waals surface area contributed by atoms with Gasteiger partial charge in [0.25, 0.3) is 0 Å². The number of nitrogens with zero attached hydrogens (tertiary/aromatic N) is 2. The maximum Gasteiger partial charge on any atom is 0.150 e. The first-order valence-electron chi connectivity index (χ1n) is 6.80. The Hall–Kier alpha value is -1.53. The molecular formula is C14H16ClN3O2S. The van der Waals surface area contributed by atoms with Gasteiger partial charge in [0.05, 0.1) is 22.9 Å². The lowest BCUT2D eigenvalue weighted by atomic mass is 10.1. The first-order chi connectivity index (χ1) is 10.0. The van der Waals surface area contributed by atoms with Crippen molar-refractivity contribution in [2.24, 2.45) is 0 Å². The number of aromatic nitrogens is 2. The van der Waals surface area contributed by atoms with Gasteiger partial charge in [-0.3, -0.25) is 0 Å². The zero-order chi connectivity index (χ0) is 14.9. The van der Waals surface area contributed by atoms with Crippen LogP contribution >= 0.6 is 11.6 Å². The topological polar surface area (TPSA) is 64.0 Å². The standard InChI is InChI=1S/C14H16ClN3O2S/c15-11-2-3-14(18-7-1-6-16-18)13(10-11)17-12-4-8-21(19,20)9-5-12/h1-3,6-7,10,12,17H,4-5,8-9H2. The lowest BCUT2D eigenvalue weighted by Crippen LogP contribution is -2.32. The van der Waals surface area contributed by atoms with Crippen LogP contribution in [0, 0.1) is 0 Å². The molecule has 2 heterocycles. The number of benzene rings is 1. The molecule has 0 bridgehead atoms. The molecule has 1 fully saturated rings. The third kappa shape index (κ3) is 3.39. The fourth-order valence-corrected chi connectivity index (χ4v) is 4.15. The Bertz CT molecular complexity index is 715. The van der Waals surface area contributed by atoms with E-state index in [1.54, 1.807) is 10.9 Å². The second kappa shape index (κ2) is 5.69. The first-order valence-corrected chi connectivity index (χ1v) is 9.00. The molecule has 1 aliphatic heterocycles. The minimum Gasteiger partial charge on any atom is -0.380 e. The number of hydrogen-bond donors (Lipinski definition) is 1. The fraction of sp³-hybridized carbons (Fsp3) is 0.357. The summed E-state index contributed by atoms with van der Waals surface area (Å²) in [5, 5.41) is 8.27. The number of nitrogens with one attached hydrogen (secondary N) is 1. The van der Waals surface area contributed by atoms with Crippen molar-refractivity contribution in [2.75, 3.05) is 16.8 Å². The molecule has 1 N–H and O–H groups in total. The summed E-state index contributed by atoms with van der Waals surface area (Å²) in [5.74, 6) is 0.477. The van der Waals surface area contributed by atoms with Gasteiger partial charge in [0.1, 0.15) is 9.84 Å². The number of halogens is 1. The van der Waals surface area contributed by atoms with Gasteiger partial charge < -0.3 is 5.32 Å². The molecule has 0 spiro atoms. The number of rotatable bonds is 3. The van der Waals surface area contributed by atoms with Crippen LogP contribution in [0.4, 0.5) is 5.69 Å². The molecule has 5 nitrogen and oxygen atoms in total. The summed E-state index contributed by atoms with van der Waals surface area (Å²) in [5.41, 5.74) is 1.77. The van der Waals surface area contributed by atoms with E-state index < -0.39 is 9.84 Å². The van der Waals surface area contributed by atoms with Crippen LogP contribution in [0.15, 0.2) is 36.7 Å². The molecule has 0 saturated carbocycles. The molecule has 0 radical (unpaired) electrons. The van der Waals surface area contributed by atoms with Crippen LogP contribution < -0.4 is 5.32 Å². The van der Waals surface area contributed by atoms with Crippen molar-refractivity contribution in [3.05, 3.63) is 41.7 Å². The second-order valence-electron chi connectivity index (χ2n) is 5.18. The van der Waals surface area contributed by atoms with Crippen molar-refractivity contribution in [2.45, 2.75) is 18.9 Å². The molecule has 112 valence electrons. The van der Waals surface area contributed by atoms with E-state index in [2.05, 4.69) is 10.4 Å². The van der Waals surface area contributed by atoms with Crippen LogP contribution in [0.2, 0.25) is 5.02 Å². The summed E-state index contributed by atoms with van der Waals surface area (Å²) in [7, 11) is -2.85. The maximum atomic E-state index is 11.5. The Morgan fingerprint density at radius 2 is 2.05 bits per heavy atom. The van der Waals surface area contributed by atoms with E-state index in [9.17, 15) is 8.42 Å². The molecule has 1 aromatic heterocycles. The van der Waals surface area contributed by atoms with Crippen molar-refractivity contribution >= 4 is 27.1 Å². The molecule has 3 rings (SSSR count). The number of hydrogen-bond acceptors (Lipinski definition) is 4. The fourth-order valence-electron chi connectivity index (χ4n) is 2.49. The van der Waals surface area contributed by atoms with E-state index >= 15 is 0 Å². The highest BCUT2D eigenvalue weighted by atomic mass is 35.5. The molecule has 7 heteroatoms. The van der Waals surface area contributed by atoms with E-state index in [-0.39, 0.29) is 17.5 Å². The normalized spacial score (nSPS) is 18.5. The van der Waals surface area contributed by atoms with Gasteiger partial charge in [-0.1, -0.05) is 11.6 Å². The Balaban J connectivity index is 1.83. The molecule has 2 aromatic rings. The van der Waals surface area contributed by atoms with Gasteiger partial charge in [-0.05, 0) is 37.1 Å². The van der Waals surface area contributed by atoms with Crippen LogP contribution in [0.3, 0.4) is 0 Å². The Labute approximate surface area is 128 Å². The predicted octanol–water partition coefficient (Wildman–Crippen LogP) is 2.51. The van der Waals surface area contributed by atoms with Crippen LogP contribution in [0.5, 0.6) is 0 Å². The Morgan fingerprint density at radius 1 is 1.29 bits per heavy atom. The van der Waals surface area contributed by atoms with Gasteiger partial charge in [-0.2, -0.15) is 5.10 Å². The average molecular weight is 326 g/mol. The first kappa shape index (κ1) is 14.4. The highest BCUT2D eigenvalue weighted by Gasteiger charge is 2.24. The predicted molar refractivity (Wildman–Crippen MR) is 83.9 cm³/mol. The minimum absolute atomic E-state index is 0.140. The van der Waals surface area contributed by atoms with Gasteiger partial charge in [-0.25, -0.2) is 13.1 Å². The van der Waals surface area contributed by atoms with Crippen molar-refractivity contribution < 1.29 is 8.42 Å². The summed E-state index contributed by atoms with van der Waals surface area (Å²) >= 11 is 6.08. The average Bonchev–Trinajstić information content (AvgIpc) is 2.95. The lowest BCUT2D eigenvalue weighted by Gasteiger charge is -2.25. The van der Waals surface area contributed by atoms with Crippen molar-refractivity contribution in [1.82, 2.24) is 9.78 Å². The smallest absolute Gasteiger partial charge is 0.150 e. The summed E-state index contributed by atoms with van der Waals surface area (Å²) < 4.78 is 24.7. The third-order valence-electron chi connectivity index (χ3n) is 3.62. The molecule has 0 atom stereocenters. The molecular weight excluding hydrogens is 310 g/mol. The van der Waals surface area contributed by atoms with E-state index in [1.165, 1.54) is 0 Å². The largest absolute Gasteiger partial charge is 0.380 e. The van der Waals surface area contributed by atoms with Gasteiger partial charge in [0.15, 0.2) is 0 Å². The minimum atomic E-state index is -2.85. The second-order valence-corrected chi connectivity index (χ2v) is 7.92. The molecule has 0 aliphatic carbocycles. The van der Waals surface area contributed by atoms with Crippen molar-refractivity contribution in [1.29, 1.82) is 0 Å². The zero-order valence-corrected chi connectivity index (χ0v) is 12.9. The van der Waals surface area contributed by atoms with Gasteiger partial charge in [-0.15, -0.1) is 0 Å². The van der Waals surface area contributed by atoms with Crippen LogP contribution in [-0.2, 0) is 9.84 Å². The van der Waals surface area contributed by atoms with Crippen LogP contribution in [0.1, 0.15) is 12.8 Å². The van der Waals surface area contributed by atoms with Crippen molar-refractivity contribution in [3.63, 3.8) is 0 Å². The van der Waals surface area contributed by atoms with E-state index in [0.717, 1.165) is 11.4 Å². The Kier molecular flexibility index (Phi) is 3.91. The molecule has 1 aromatic carbocycles. The number of anilines is 1. The molecule has 21 heavy (non-hydrogen) atoms. The number of sulfone groups is 1. The summed E-state index contributed by atoms with van der Waals surface area (Å²) in [6, 6.07) is 7.56. The third-order valence-corrected chi connectivity index (χ3v) is 5.57. The molecule has 1 saturated heterocycles. The van der Waals surface area contributed by atoms with Gasteiger partial charge in [0.2, 0.25) is 0 Å². The van der Waals surface area contributed by atoms with Gasteiger partial charge in [0, 0.05) is 23.5 Å². The van der Waals surface area contributed by atoms with E-state index in [4.69, 9.17) is 11.6 Å². The quantitative estimate of drug-likeness (QED) is 0.941. The summed E-state index contributed by atoms with van der Waals surface area (Å²) in [4.78, 5) is 0. The van der Waals surface area contributed by atoms with E-state index in [0.29, 0.717) is 17.9 Å². The summed E-state index contributed by atoms with van der Waals surface area (Å²) in [6.07, 6.45) is 4.81. The SMILES string of the molecule is O=S1(=O)CCC(Nc2cc(Cl)ccc2-n2cccn2)CC1. The highest BCUT2D eigenvalue weighted by molar-refractivity contribution is 7.91. The van der Waals surface area contributed by atoms with Crippen LogP contribution in [-0.4, -0.2) is 35.7 Å². The Morgan fingerprint density at radius 3 is 2.71 bits per heavy atom. The summed E-state index contributed by atoms with van der Waals surface area (Å²) in [6.45, 7) is 0. The highest BCUT2D eigenvalue weighted by Crippen LogP contribution is 2.27. The van der Waals surface area contributed by atoms with Gasteiger partial charge >= 0.3 is 0 Å². The maximum absolute atomic E-state index is 11.5. The van der Waals surface area contributed by atoms with E-state index in [1.807, 2.05) is 30.5 Å². The lowest BCUT2D eigenvalue weighted by molar-refractivity contribution is 0.559. The monoisotopic (exact) mass is 325 g/mol. The molecule has 0 unspecified atom stereocenters. The molecule has 0 amide bonds. The van der Waals surface area contributed by atoms with Crippen molar-refractivity contribution in [3.8, 4) is 5.69 Å². The zero-order valence-electron chi connectivity index (χ0n) is 11.4.